The van der Waals surface area contributed by atoms with Gasteiger partial charge in [-0.15, -0.1) is 0 Å². The van der Waals surface area contributed by atoms with Gasteiger partial charge in [0.2, 0.25) is 0 Å². The number of halogens is 1. The summed E-state index contributed by atoms with van der Waals surface area (Å²) in [5.41, 5.74) is 0.883. The van der Waals surface area contributed by atoms with Gasteiger partial charge < -0.3 is 9.47 Å². The molecular weight excluding hydrogens is 421 g/mol. The number of amides is 1. The summed E-state index contributed by atoms with van der Waals surface area (Å²) in [6.07, 6.45) is 1.82. The first-order valence-corrected chi connectivity index (χ1v) is 8.50. The summed E-state index contributed by atoms with van der Waals surface area (Å²) in [4.78, 5) is 14.1. The normalized spacial score (nSPS) is 16.8. The van der Waals surface area contributed by atoms with Crippen LogP contribution in [0.5, 0.6) is 11.5 Å². The maximum Gasteiger partial charge on any atom is 0.265 e. The van der Waals surface area contributed by atoms with Crippen LogP contribution in [0.4, 0.5) is 0 Å². The van der Waals surface area contributed by atoms with Crippen molar-refractivity contribution in [2.45, 2.75) is 6.92 Å². The predicted octanol–water partition coefficient (Wildman–Crippen LogP) is 3.53. The third-order valence-corrected chi connectivity index (χ3v) is 5.11. The highest BCUT2D eigenvalue weighted by molar-refractivity contribution is 14.1. The van der Waals surface area contributed by atoms with Crippen LogP contribution in [0.1, 0.15) is 12.5 Å². The van der Waals surface area contributed by atoms with Crippen molar-refractivity contribution in [1.82, 2.24) is 4.90 Å². The van der Waals surface area contributed by atoms with E-state index in [1.807, 2.05) is 25.1 Å². The lowest BCUT2D eigenvalue weighted by atomic mass is 10.2. The van der Waals surface area contributed by atoms with Crippen molar-refractivity contribution < 1.29 is 14.3 Å². The number of carbonyl (C=O) groups is 1. The van der Waals surface area contributed by atoms with Gasteiger partial charge in [-0.05, 0) is 53.3 Å². The maximum atomic E-state index is 12.0. The molecule has 0 aromatic heterocycles. The summed E-state index contributed by atoms with van der Waals surface area (Å²) in [7, 11) is 3.28. The van der Waals surface area contributed by atoms with Crippen molar-refractivity contribution in [3.05, 3.63) is 26.2 Å². The standard InChI is InChI=1S/C14H14INO3S2/c1-4-19-12-9(15)5-8(6-10(12)18-3)7-11-13(17)16(2)14(20)21-11/h5-7H,4H2,1-3H3/b11-7-. The summed E-state index contributed by atoms with van der Waals surface area (Å²) in [5, 5.41) is 0. The van der Waals surface area contributed by atoms with E-state index in [0.29, 0.717) is 21.6 Å². The van der Waals surface area contributed by atoms with Crippen LogP contribution in [0.3, 0.4) is 0 Å². The highest BCUT2D eigenvalue weighted by Gasteiger charge is 2.28. The number of carbonyl (C=O) groups excluding carboxylic acids is 1. The quantitative estimate of drug-likeness (QED) is 0.411. The van der Waals surface area contributed by atoms with Crippen LogP contribution >= 0.6 is 46.6 Å². The Morgan fingerprint density at radius 1 is 1.48 bits per heavy atom. The number of thiocarbonyl (C=S) groups is 1. The van der Waals surface area contributed by atoms with E-state index in [0.717, 1.165) is 14.9 Å². The van der Waals surface area contributed by atoms with Gasteiger partial charge in [-0.2, -0.15) is 0 Å². The van der Waals surface area contributed by atoms with Gasteiger partial charge in [0, 0.05) is 7.05 Å². The van der Waals surface area contributed by atoms with E-state index in [1.54, 1.807) is 14.2 Å². The number of rotatable bonds is 4. The molecule has 0 unspecified atom stereocenters. The molecule has 1 aromatic carbocycles. The first kappa shape index (κ1) is 16.6. The van der Waals surface area contributed by atoms with Gasteiger partial charge in [0.1, 0.15) is 4.32 Å². The molecule has 1 aliphatic heterocycles. The molecule has 4 nitrogen and oxygen atoms in total. The average Bonchev–Trinajstić information content (AvgIpc) is 2.69. The molecule has 1 aliphatic rings. The zero-order chi connectivity index (χ0) is 15.6. The minimum absolute atomic E-state index is 0.0761. The van der Waals surface area contributed by atoms with Crippen LogP contribution < -0.4 is 9.47 Å². The van der Waals surface area contributed by atoms with E-state index in [2.05, 4.69) is 22.6 Å². The number of likely N-dealkylation sites (N-methyl/N-ethyl adjacent to an activating group) is 1. The lowest BCUT2D eigenvalue weighted by Gasteiger charge is -2.12. The van der Waals surface area contributed by atoms with Crippen LogP contribution in [0.15, 0.2) is 17.0 Å². The van der Waals surface area contributed by atoms with E-state index in [-0.39, 0.29) is 5.91 Å². The van der Waals surface area contributed by atoms with Gasteiger partial charge in [-0.1, -0.05) is 24.0 Å². The van der Waals surface area contributed by atoms with Crippen molar-refractivity contribution in [2.75, 3.05) is 20.8 Å². The number of benzene rings is 1. The van der Waals surface area contributed by atoms with Crippen molar-refractivity contribution in [1.29, 1.82) is 0 Å². The minimum Gasteiger partial charge on any atom is -0.493 e. The molecule has 0 aliphatic carbocycles. The summed E-state index contributed by atoms with van der Waals surface area (Å²) in [6.45, 7) is 2.50. The van der Waals surface area contributed by atoms with Gasteiger partial charge >= 0.3 is 0 Å². The molecule has 0 N–H and O–H groups in total. The highest BCUT2D eigenvalue weighted by Crippen LogP contribution is 2.36. The fourth-order valence-corrected chi connectivity index (χ4v) is 3.77. The summed E-state index contributed by atoms with van der Waals surface area (Å²) in [5.74, 6) is 1.30. The Balaban J connectivity index is 2.40. The van der Waals surface area contributed by atoms with Crippen molar-refractivity contribution in [3.8, 4) is 11.5 Å². The van der Waals surface area contributed by atoms with E-state index in [4.69, 9.17) is 21.7 Å². The molecule has 21 heavy (non-hydrogen) atoms. The van der Waals surface area contributed by atoms with Gasteiger partial charge in [0.05, 0.1) is 22.2 Å². The van der Waals surface area contributed by atoms with Crippen LogP contribution in [0.25, 0.3) is 6.08 Å². The molecule has 1 heterocycles. The Labute approximate surface area is 147 Å². The fourth-order valence-electron chi connectivity index (χ4n) is 1.80. The second kappa shape index (κ2) is 6.97. The van der Waals surface area contributed by atoms with E-state index >= 15 is 0 Å². The van der Waals surface area contributed by atoms with Crippen molar-refractivity contribution in [2.24, 2.45) is 0 Å². The van der Waals surface area contributed by atoms with Gasteiger partial charge in [-0.25, -0.2) is 0 Å². The molecule has 112 valence electrons. The Bertz CT molecular complexity index is 631. The second-order valence-electron chi connectivity index (χ2n) is 4.21. The zero-order valence-electron chi connectivity index (χ0n) is 11.8. The Morgan fingerprint density at radius 3 is 2.71 bits per heavy atom. The lowest BCUT2D eigenvalue weighted by molar-refractivity contribution is -0.121. The second-order valence-corrected chi connectivity index (χ2v) is 7.05. The van der Waals surface area contributed by atoms with Crippen molar-refractivity contribution >= 4 is 62.9 Å². The first-order valence-electron chi connectivity index (χ1n) is 6.19. The molecule has 1 saturated heterocycles. The largest absolute Gasteiger partial charge is 0.493 e. The van der Waals surface area contributed by atoms with Crippen LogP contribution in [0, 0.1) is 3.57 Å². The third-order valence-electron chi connectivity index (χ3n) is 2.82. The van der Waals surface area contributed by atoms with E-state index < -0.39 is 0 Å². The van der Waals surface area contributed by atoms with Gasteiger partial charge in [0.15, 0.2) is 11.5 Å². The topological polar surface area (TPSA) is 38.8 Å². The van der Waals surface area contributed by atoms with Gasteiger partial charge in [0.25, 0.3) is 5.91 Å². The van der Waals surface area contributed by atoms with Crippen LogP contribution in [-0.2, 0) is 4.79 Å². The Hall–Kier alpha value is -0.800. The smallest absolute Gasteiger partial charge is 0.265 e. The molecule has 0 saturated carbocycles. The monoisotopic (exact) mass is 435 g/mol. The lowest BCUT2D eigenvalue weighted by Crippen LogP contribution is -2.22. The SMILES string of the molecule is CCOc1c(I)cc(/C=C2\SC(=S)N(C)C2=O)cc1OC. The molecule has 1 aromatic rings. The fraction of sp³-hybridized carbons (Fsp3) is 0.286. The highest BCUT2D eigenvalue weighted by atomic mass is 127. The number of methoxy groups -OCH3 is 1. The zero-order valence-corrected chi connectivity index (χ0v) is 15.6. The number of ether oxygens (including phenoxy) is 2. The summed E-state index contributed by atoms with van der Waals surface area (Å²) >= 11 is 8.62. The van der Waals surface area contributed by atoms with Crippen molar-refractivity contribution in [3.63, 3.8) is 0 Å². The molecule has 0 spiro atoms. The van der Waals surface area contributed by atoms with E-state index in [1.165, 1.54) is 16.7 Å². The number of nitrogens with zero attached hydrogens (tertiary/aromatic N) is 1. The number of hydrogen-bond acceptors (Lipinski definition) is 5. The Morgan fingerprint density at radius 2 is 2.19 bits per heavy atom. The maximum absolute atomic E-state index is 12.0. The molecule has 1 amide bonds. The molecule has 0 atom stereocenters. The van der Waals surface area contributed by atoms with Crippen LogP contribution in [0.2, 0.25) is 0 Å². The summed E-state index contributed by atoms with van der Waals surface area (Å²) in [6, 6.07) is 3.81. The molecule has 0 bridgehead atoms. The predicted molar refractivity (Wildman–Crippen MR) is 97.8 cm³/mol. The Kier molecular flexibility index (Phi) is 5.50. The molecule has 1 fully saturated rings. The first-order chi connectivity index (χ1) is 9.97. The molecule has 0 radical (unpaired) electrons. The molecular formula is C14H14INO3S2. The minimum atomic E-state index is -0.0761. The number of thioether (sulfide) groups is 1. The molecule has 2 rings (SSSR count). The molecule has 7 heteroatoms. The van der Waals surface area contributed by atoms with Gasteiger partial charge in [-0.3, -0.25) is 9.69 Å². The van der Waals surface area contributed by atoms with Crippen LogP contribution in [-0.4, -0.2) is 35.9 Å². The van der Waals surface area contributed by atoms with E-state index in [9.17, 15) is 4.79 Å². The third kappa shape index (κ3) is 3.51. The average molecular weight is 435 g/mol. The summed E-state index contributed by atoms with van der Waals surface area (Å²) < 4.78 is 12.5. The number of hydrogen-bond donors (Lipinski definition) is 0.